The molecule has 2 aliphatic heterocycles. The van der Waals surface area contributed by atoms with Crippen molar-refractivity contribution in [2.24, 2.45) is 0 Å². The van der Waals surface area contributed by atoms with E-state index in [1.54, 1.807) is 7.11 Å². The number of rotatable bonds is 4. The second-order valence-electron chi connectivity index (χ2n) is 3.82. The van der Waals surface area contributed by atoms with Crippen molar-refractivity contribution in [1.29, 1.82) is 0 Å². The van der Waals surface area contributed by atoms with Crippen LogP contribution in [0.15, 0.2) is 12.8 Å². The minimum Gasteiger partial charge on any atom is -0.493 e. The molecule has 0 radical (unpaired) electrons. The number of fused-ring (bicyclic) bond motifs is 2. The molecule has 0 aliphatic carbocycles. The van der Waals surface area contributed by atoms with Crippen molar-refractivity contribution < 1.29 is 18.9 Å². The lowest BCUT2D eigenvalue weighted by Gasteiger charge is -2.29. The van der Waals surface area contributed by atoms with Crippen LogP contribution < -0.4 is 0 Å². The van der Waals surface area contributed by atoms with Crippen LogP contribution in [0.2, 0.25) is 0 Å². The highest BCUT2D eigenvalue weighted by Gasteiger charge is 2.61. The molecule has 14 heavy (non-hydrogen) atoms. The number of ether oxygens (including phenoxy) is 4. The highest BCUT2D eigenvalue weighted by atomic mass is 16.7. The molecule has 0 N–H and O–H groups in total. The van der Waals surface area contributed by atoms with E-state index in [2.05, 4.69) is 6.58 Å². The van der Waals surface area contributed by atoms with Gasteiger partial charge in [-0.2, -0.15) is 0 Å². The third-order valence-corrected chi connectivity index (χ3v) is 2.85. The van der Waals surface area contributed by atoms with Gasteiger partial charge in [0.1, 0.15) is 14.0 Å². The summed E-state index contributed by atoms with van der Waals surface area (Å²) in [6, 6.07) is 0.0591. The van der Waals surface area contributed by atoms with Gasteiger partial charge in [0.05, 0.1) is 25.5 Å². The van der Waals surface area contributed by atoms with Gasteiger partial charge in [0.2, 0.25) is 0 Å². The maximum atomic E-state index is 5.83. The van der Waals surface area contributed by atoms with E-state index in [4.69, 9.17) is 18.9 Å². The Kier molecular flexibility index (Phi) is 2.55. The van der Waals surface area contributed by atoms with Crippen molar-refractivity contribution in [3.05, 3.63) is 12.8 Å². The smallest absolute Gasteiger partial charge is 0.159 e. The molecule has 4 unspecified atom stereocenters. The zero-order valence-electron chi connectivity index (χ0n) is 8.56. The quantitative estimate of drug-likeness (QED) is 0.441. The number of methoxy groups -OCH3 is 1. The summed E-state index contributed by atoms with van der Waals surface area (Å²) in [5.74, 6) is 0. The predicted octanol–water partition coefficient (Wildman–Crippen LogP) is -0.711. The first-order valence-corrected chi connectivity index (χ1v) is 4.78. The van der Waals surface area contributed by atoms with Crippen molar-refractivity contribution in [3.8, 4) is 0 Å². The molecule has 0 aromatic heterocycles. The van der Waals surface area contributed by atoms with Gasteiger partial charge in [-0.3, -0.25) is 0 Å². The molecule has 78 valence electrons. The molecule has 0 spiro atoms. The maximum Gasteiger partial charge on any atom is 0.159 e. The lowest BCUT2D eigenvalue weighted by molar-refractivity contribution is -0.142. The largest absolute Gasteiger partial charge is 0.493 e. The van der Waals surface area contributed by atoms with Crippen LogP contribution in [-0.2, 0) is 18.9 Å². The minimum atomic E-state index is -0.437. The summed E-state index contributed by atoms with van der Waals surface area (Å²) < 4.78 is 22.0. The average Bonchev–Trinajstić information content (AvgIpc) is 2.58. The Balaban J connectivity index is 2.17. The van der Waals surface area contributed by atoms with E-state index in [1.165, 1.54) is 6.26 Å². The van der Waals surface area contributed by atoms with E-state index in [0.29, 0.717) is 13.2 Å². The van der Waals surface area contributed by atoms with E-state index in [1.807, 2.05) is 7.85 Å². The van der Waals surface area contributed by atoms with Crippen LogP contribution in [0.5, 0.6) is 0 Å². The molecule has 2 saturated heterocycles. The average molecular weight is 198 g/mol. The van der Waals surface area contributed by atoms with Crippen molar-refractivity contribution >= 4 is 7.85 Å². The zero-order chi connectivity index (χ0) is 10.2. The summed E-state index contributed by atoms with van der Waals surface area (Å²) >= 11 is 0. The van der Waals surface area contributed by atoms with E-state index < -0.39 is 5.60 Å². The standard InChI is InChI=1S/C9H15BO4/c1-3-12-7-6-8(10)14-9(7,4-11-2)5-13-6/h3,6-8H,1,4-5,10H2,2H3. The van der Waals surface area contributed by atoms with Crippen molar-refractivity contribution in [2.45, 2.75) is 23.8 Å². The van der Waals surface area contributed by atoms with Gasteiger partial charge in [-0.15, -0.1) is 0 Å². The molecular weight excluding hydrogens is 183 g/mol. The van der Waals surface area contributed by atoms with Gasteiger partial charge in [0.25, 0.3) is 0 Å². The molecule has 4 atom stereocenters. The van der Waals surface area contributed by atoms with Gasteiger partial charge in [0, 0.05) is 7.11 Å². The first-order chi connectivity index (χ1) is 6.73. The van der Waals surface area contributed by atoms with Crippen LogP contribution in [0.4, 0.5) is 0 Å². The maximum absolute atomic E-state index is 5.83. The molecule has 0 amide bonds. The molecule has 2 rings (SSSR count). The highest BCUT2D eigenvalue weighted by molar-refractivity contribution is 6.11. The molecule has 2 aliphatic rings. The second kappa shape index (κ2) is 3.57. The van der Waals surface area contributed by atoms with Crippen molar-refractivity contribution in [1.82, 2.24) is 0 Å². The summed E-state index contributed by atoms with van der Waals surface area (Å²) in [7, 11) is 3.64. The van der Waals surface area contributed by atoms with E-state index in [9.17, 15) is 0 Å². The first kappa shape index (κ1) is 10.0. The third-order valence-electron chi connectivity index (χ3n) is 2.85. The molecule has 0 saturated carbocycles. The molecule has 0 aromatic carbocycles. The second-order valence-corrected chi connectivity index (χ2v) is 3.82. The Hall–Kier alpha value is -0.515. The molecule has 2 fully saturated rings. The van der Waals surface area contributed by atoms with Gasteiger partial charge in [0.15, 0.2) is 11.7 Å². The monoisotopic (exact) mass is 198 g/mol. The Morgan fingerprint density at radius 1 is 1.71 bits per heavy atom. The molecule has 5 heteroatoms. The zero-order valence-corrected chi connectivity index (χ0v) is 8.56. The SMILES string of the molecule is BC1OC2(COC)COC1C2OC=C. The molecule has 0 aromatic rings. The summed E-state index contributed by atoms with van der Waals surface area (Å²) in [5.41, 5.74) is -0.437. The van der Waals surface area contributed by atoms with Gasteiger partial charge < -0.3 is 18.9 Å². The Bertz CT molecular complexity index is 235. The minimum absolute atomic E-state index is 0.00292. The van der Waals surface area contributed by atoms with Crippen LogP contribution in [0.1, 0.15) is 0 Å². The summed E-state index contributed by atoms with van der Waals surface area (Å²) in [4.78, 5) is 0. The molecular formula is C9H15BO4. The summed E-state index contributed by atoms with van der Waals surface area (Å²) in [5, 5.41) is 0. The van der Waals surface area contributed by atoms with Crippen LogP contribution in [-0.4, -0.2) is 52.0 Å². The third kappa shape index (κ3) is 1.27. The van der Waals surface area contributed by atoms with Crippen molar-refractivity contribution in [2.75, 3.05) is 20.3 Å². The van der Waals surface area contributed by atoms with Crippen LogP contribution in [0.25, 0.3) is 0 Å². The highest BCUT2D eigenvalue weighted by Crippen LogP contribution is 2.41. The first-order valence-electron chi connectivity index (χ1n) is 4.78. The van der Waals surface area contributed by atoms with Gasteiger partial charge in [-0.25, -0.2) is 0 Å². The molecule has 2 bridgehead atoms. The Morgan fingerprint density at radius 3 is 3.07 bits per heavy atom. The Morgan fingerprint density at radius 2 is 2.50 bits per heavy atom. The fourth-order valence-corrected chi connectivity index (χ4v) is 2.33. The lowest BCUT2D eigenvalue weighted by atomic mass is 9.92. The van der Waals surface area contributed by atoms with E-state index in [-0.39, 0.29) is 18.2 Å². The predicted molar refractivity (Wildman–Crippen MR) is 52.8 cm³/mol. The van der Waals surface area contributed by atoms with Crippen LogP contribution in [0.3, 0.4) is 0 Å². The summed E-state index contributed by atoms with van der Waals surface area (Å²) in [6.45, 7) is 4.59. The molecule has 2 heterocycles. The lowest BCUT2D eigenvalue weighted by Crippen LogP contribution is -2.45. The van der Waals surface area contributed by atoms with E-state index in [0.717, 1.165) is 0 Å². The molecule has 4 nitrogen and oxygen atoms in total. The number of hydrogen-bond acceptors (Lipinski definition) is 4. The van der Waals surface area contributed by atoms with Crippen LogP contribution in [0, 0.1) is 0 Å². The van der Waals surface area contributed by atoms with Crippen LogP contribution >= 0.6 is 0 Å². The van der Waals surface area contributed by atoms with Gasteiger partial charge >= 0.3 is 0 Å². The topological polar surface area (TPSA) is 36.9 Å². The van der Waals surface area contributed by atoms with Gasteiger partial charge in [-0.1, -0.05) is 6.58 Å². The number of hydrogen-bond donors (Lipinski definition) is 0. The normalized spacial score (nSPS) is 45.4. The fourth-order valence-electron chi connectivity index (χ4n) is 2.33. The van der Waals surface area contributed by atoms with Gasteiger partial charge in [-0.05, 0) is 0 Å². The van der Waals surface area contributed by atoms with Crippen molar-refractivity contribution in [3.63, 3.8) is 0 Å². The van der Waals surface area contributed by atoms with E-state index >= 15 is 0 Å². The fraction of sp³-hybridized carbons (Fsp3) is 0.778. The summed E-state index contributed by atoms with van der Waals surface area (Å²) in [6.07, 6.45) is 1.36. The Labute approximate surface area is 84.6 Å².